The lowest BCUT2D eigenvalue weighted by Gasteiger charge is -2.10. The van der Waals surface area contributed by atoms with Gasteiger partial charge in [-0.3, -0.25) is 4.79 Å². The predicted molar refractivity (Wildman–Crippen MR) is 106 cm³/mol. The first-order valence-electron chi connectivity index (χ1n) is 8.09. The number of nitrogens with zero attached hydrogens (tertiary/aromatic N) is 1. The largest absolute Gasteiger partial charge is 0.493 e. The number of para-hydroxylation sites is 1. The first-order chi connectivity index (χ1) is 12.5. The summed E-state index contributed by atoms with van der Waals surface area (Å²) in [6.45, 7) is 4.05. The zero-order chi connectivity index (χ0) is 18.7. The van der Waals surface area contributed by atoms with Crippen LogP contribution >= 0.6 is 11.8 Å². The average Bonchev–Trinajstić information content (AvgIpc) is 2.96. The zero-order valence-corrected chi connectivity index (χ0v) is 15.9. The van der Waals surface area contributed by atoms with Gasteiger partial charge in [0.25, 0.3) is 5.91 Å². The smallest absolute Gasteiger partial charge is 0.264 e. The number of nitrogens with one attached hydrogen (secondary N) is 1. The number of carbonyl (C=O) groups is 1. The van der Waals surface area contributed by atoms with E-state index in [0.29, 0.717) is 21.6 Å². The van der Waals surface area contributed by atoms with Crippen molar-refractivity contribution >= 4 is 34.6 Å². The minimum Gasteiger partial charge on any atom is -0.493 e. The average molecular weight is 368 g/mol. The molecule has 0 saturated carbocycles. The molecule has 0 bridgehead atoms. The maximum absolute atomic E-state index is 12.3. The molecule has 0 unspecified atom stereocenters. The van der Waals surface area contributed by atoms with Crippen LogP contribution in [0.15, 0.2) is 46.3 Å². The maximum Gasteiger partial charge on any atom is 0.264 e. The molecule has 134 valence electrons. The summed E-state index contributed by atoms with van der Waals surface area (Å²) in [5, 5.41) is 3.38. The lowest BCUT2D eigenvalue weighted by molar-refractivity contribution is -0.115. The van der Waals surface area contributed by atoms with E-state index in [-0.39, 0.29) is 5.91 Å². The Labute approximate surface area is 157 Å². The standard InChI is InChI=1S/C20H20N2O3S/c1-12-8-9-15(13(2)10-12)21-20-22-19(23)17(26-20)11-14-6-5-7-16(24-3)18(14)25-4/h5-11H,1-4H3,(H,21,22,23)/b17-11-. The summed E-state index contributed by atoms with van der Waals surface area (Å²) in [7, 11) is 3.16. The third-order valence-corrected chi connectivity index (χ3v) is 4.86. The number of amides is 1. The van der Waals surface area contributed by atoms with Crippen molar-refractivity contribution < 1.29 is 14.3 Å². The molecule has 1 N–H and O–H groups in total. The van der Waals surface area contributed by atoms with Crippen molar-refractivity contribution in [3.8, 4) is 11.5 Å². The van der Waals surface area contributed by atoms with Gasteiger partial charge in [0.15, 0.2) is 16.7 Å². The summed E-state index contributed by atoms with van der Waals surface area (Å²) < 4.78 is 10.7. The van der Waals surface area contributed by atoms with Gasteiger partial charge in [0, 0.05) is 5.56 Å². The number of amidine groups is 1. The van der Waals surface area contributed by atoms with Crippen molar-refractivity contribution in [1.82, 2.24) is 5.32 Å². The molecule has 2 aromatic carbocycles. The number of ether oxygens (including phenoxy) is 2. The molecule has 1 heterocycles. The van der Waals surface area contributed by atoms with Gasteiger partial charge in [0.2, 0.25) is 0 Å². The number of rotatable bonds is 4. The van der Waals surface area contributed by atoms with Crippen LogP contribution in [0.25, 0.3) is 6.08 Å². The summed E-state index contributed by atoms with van der Waals surface area (Å²) in [6, 6.07) is 11.6. The highest BCUT2D eigenvalue weighted by atomic mass is 32.2. The minimum atomic E-state index is -0.177. The number of aliphatic imine (C=N–C) groups is 1. The number of carbonyl (C=O) groups excluding carboxylic acids is 1. The molecule has 1 aliphatic heterocycles. The van der Waals surface area contributed by atoms with Crippen molar-refractivity contribution in [3.63, 3.8) is 0 Å². The fourth-order valence-electron chi connectivity index (χ4n) is 2.69. The van der Waals surface area contributed by atoms with Crippen LogP contribution in [-0.2, 0) is 4.79 Å². The van der Waals surface area contributed by atoms with Crippen LogP contribution in [0.2, 0.25) is 0 Å². The van der Waals surface area contributed by atoms with Crippen molar-refractivity contribution in [2.45, 2.75) is 13.8 Å². The molecule has 5 nitrogen and oxygen atoms in total. The van der Waals surface area contributed by atoms with E-state index in [9.17, 15) is 4.79 Å². The molecular weight excluding hydrogens is 348 g/mol. The Morgan fingerprint density at radius 2 is 1.92 bits per heavy atom. The van der Waals surface area contributed by atoms with E-state index in [2.05, 4.69) is 16.4 Å². The fraction of sp³-hybridized carbons (Fsp3) is 0.200. The lowest BCUT2D eigenvalue weighted by Crippen LogP contribution is -2.19. The van der Waals surface area contributed by atoms with Gasteiger partial charge in [0.05, 0.1) is 24.8 Å². The molecule has 1 saturated heterocycles. The van der Waals surface area contributed by atoms with Crippen molar-refractivity contribution in [2.24, 2.45) is 4.99 Å². The molecule has 6 heteroatoms. The van der Waals surface area contributed by atoms with Crippen molar-refractivity contribution in [2.75, 3.05) is 14.2 Å². The Morgan fingerprint density at radius 1 is 1.12 bits per heavy atom. The highest BCUT2D eigenvalue weighted by Crippen LogP contribution is 2.35. The first-order valence-corrected chi connectivity index (χ1v) is 8.91. The Balaban J connectivity index is 1.91. The van der Waals surface area contributed by atoms with Crippen molar-refractivity contribution in [1.29, 1.82) is 0 Å². The van der Waals surface area contributed by atoms with Gasteiger partial charge in [-0.2, -0.15) is 0 Å². The van der Waals surface area contributed by atoms with E-state index in [1.54, 1.807) is 20.3 Å². The van der Waals surface area contributed by atoms with E-state index in [1.165, 1.54) is 17.3 Å². The molecule has 1 aliphatic rings. The molecule has 0 aliphatic carbocycles. The van der Waals surface area contributed by atoms with Crippen LogP contribution in [-0.4, -0.2) is 25.3 Å². The van der Waals surface area contributed by atoms with Gasteiger partial charge in [0.1, 0.15) is 0 Å². The molecule has 0 radical (unpaired) electrons. The maximum atomic E-state index is 12.3. The Morgan fingerprint density at radius 3 is 2.62 bits per heavy atom. The van der Waals surface area contributed by atoms with Crippen LogP contribution in [0.5, 0.6) is 11.5 Å². The fourth-order valence-corrected chi connectivity index (χ4v) is 3.51. The van der Waals surface area contributed by atoms with Crippen molar-refractivity contribution in [3.05, 3.63) is 58.0 Å². The molecule has 1 fully saturated rings. The summed E-state index contributed by atoms with van der Waals surface area (Å²) in [5.74, 6) is 1.04. The highest BCUT2D eigenvalue weighted by molar-refractivity contribution is 8.18. The number of hydrogen-bond acceptors (Lipinski definition) is 5. The monoisotopic (exact) mass is 368 g/mol. The summed E-state index contributed by atoms with van der Waals surface area (Å²) in [6.07, 6.45) is 1.78. The Kier molecular flexibility index (Phi) is 5.32. The quantitative estimate of drug-likeness (QED) is 0.821. The second kappa shape index (κ2) is 7.66. The zero-order valence-electron chi connectivity index (χ0n) is 15.1. The van der Waals surface area contributed by atoms with Gasteiger partial charge >= 0.3 is 0 Å². The van der Waals surface area contributed by atoms with Crippen LogP contribution < -0.4 is 14.8 Å². The van der Waals surface area contributed by atoms with E-state index in [0.717, 1.165) is 16.8 Å². The van der Waals surface area contributed by atoms with E-state index < -0.39 is 0 Å². The molecule has 2 aromatic rings. The highest BCUT2D eigenvalue weighted by Gasteiger charge is 2.24. The summed E-state index contributed by atoms with van der Waals surface area (Å²) in [4.78, 5) is 17.4. The summed E-state index contributed by atoms with van der Waals surface area (Å²) in [5.41, 5.74) is 3.87. The van der Waals surface area contributed by atoms with E-state index in [1.807, 2.05) is 44.2 Å². The number of hydrogen-bond donors (Lipinski definition) is 1. The number of methoxy groups -OCH3 is 2. The second-order valence-corrected chi connectivity index (χ2v) is 6.89. The third-order valence-electron chi connectivity index (χ3n) is 3.95. The molecule has 0 spiro atoms. The molecule has 0 atom stereocenters. The van der Waals surface area contributed by atoms with Gasteiger partial charge in [-0.1, -0.05) is 29.8 Å². The number of aryl methyl sites for hydroxylation is 2. The van der Waals surface area contributed by atoms with Crippen LogP contribution in [0.3, 0.4) is 0 Å². The molecule has 1 amide bonds. The predicted octanol–water partition coefficient (Wildman–Crippen LogP) is 4.21. The Bertz CT molecular complexity index is 919. The van der Waals surface area contributed by atoms with Crippen LogP contribution in [0, 0.1) is 13.8 Å². The van der Waals surface area contributed by atoms with Crippen LogP contribution in [0.4, 0.5) is 5.69 Å². The number of thioether (sulfide) groups is 1. The second-order valence-electron chi connectivity index (χ2n) is 5.85. The minimum absolute atomic E-state index is 0.177. The van der Waals surface area contributed by atoms with Gasteiger partial charge in [-0.05, 0) is 49.4 Å². The molecule has 3 rings (SSSR count). The van der Waals surface area contributed by atoms with Crippen LogP contribution in [0.1, 0.15) is 16.7 Å². The molecule has 26 heavy (non-hydrogen) atoms. The summed E-state index contributed by atoms with van der Waals surface area (Å²) >= 11 is 1.31. The lowest BCUT2D eigenvalue weighted by atomic mass is 10.1. The Hall–Kier alpha value is -2.73. The van der Waals surface area contributed by atoms with E-state index >= 15 is 0 Å². The molecular formula is C20H20N2O3S. The van der Waals surface area contributed by atoms with E-state index in [4.69, 9.17) is 9.47 Å². The number of benzene rings is 2. The molecule has 0 aromatic heterocycles. The van der Waals surface area contributed by atoms with Gasteiger partial charge in [-0.25, -0.2) is 4.99 Å². The van der Waals surface area contributed by atoms with Gasteiger partial charge in [-0.15, -0.1) is 0 Å². The SMILES string of the molecule is COc1cccc(/C=C2\SC(=Nc3ccc(C)cc3C)NC2=O)c1OC. The third kappa shape index (κ3) is 3.75. The first kappa shape index (κ1) is 18.1. The van der Waals surface area contributed by atoms with Gasteiger partial charge < -0.3 is 14.8 Å². The normalized spacial score (nSPS) is 16.8. The topological polar surface area (TPSA) is 59.9 Å².